The summed E-state index contributed by atoms with van der Waals surface area (Å²) in [6, 6.07) is 1.64. The van der Waals surface area contributed by atoms with Gasteiger partial charge in [-0.15, -0.1) is 0 Å². The maximum Gasteiger partial charge on any atom is 0.347 e. The van der Waals surface area contributed by atoms with Crippen LogP contribution in [0.1, 0.15) is 21.1 Å². The van der Waals surface area contributed by atoms with Crippen molar-refractivity contribution in [2.45, 2.75) is 13.3 Å². The van der Waals surface area contributed by atoms with Gasteiger partial charge in [0.15, 0.2) is 5.13 Å². The molecule has 3 heterocycles. The van der Waals surface area contributed by atoms with Crippen molar-refractivity contribution in [2.24, 2.45) is 0 Å². The first-order valence-electron chi connectivity index (χ1n) is 7.82. The summed E-state index contributed by atoms with van der Waals surface area (Å²) >= 11 is 0.972. The van der Waals surface area contributed by atoms with E-state index in [4.69, 9.17) is 14.9 Å². The SMILES string of the molecule is Cc1nc(Nc2nc(CC(=O)O)cc(N3CCOCC3)n2)sc1C(=O)O. The molecule has 11 heteroatoms. The molecule has 0 radical (unpaired) electrons. The molecule has 0 saturated carbocycles. The maximum atomic E-state index is 11.2. The highest BCUT2D eigenvalue weighted by molar-refractivity contribution is 7.17. The lowest BCUT2D eigenvalue weighted by Gasteiger charge is -2.28. The zero-order chi connectivity index (χ0) is 18.7. The Labute approximate surface area is 152 Å². The number of carboxylic acids is 2. The normalized spacial score (nSPS) is 14.3. The van der Waals surface area contributed by atoms with Gasteiger partial charge in [-0.3, -0.25) is 10.1 Å². The zero-order valence-electron chi connectivity index (χ0n) is 13.9. The molecule has 1 aliphatic rings. The van der Waals surface area contributed by atoms with E-state index in [1.807, 2.05) is 4.90 Å². The number of rotatable bonds is 6. The molecule has 0 spiro atoms. The van der Waals surface area contributed by atoms with Crippen molar-refractivity contribution in [3.8, 4) is 0 Å². The van der Waals surface area contributed by atoms with Crippen molar-refractivity contribution in [3.63, 3.8) is 0 Å². The van der Waals surface area contributed by atoms with Crippen LogP contribution in [0.15, 0.2) is 6.07 Å². The van der Waals surface area contributed by atoms with Crippen LogP contribution in [-0.4, -0.2) is 63.4 Å². The number of carbonyl (C=O) groups is 2. The number of aryl methyl sites for hydroxylation is 1. The Hall–Kier alpha value is -2.79. The molecule has 3 rings (SSSR count). The number of ether oxygens (including phenoxy) is 1. The van der Waals surface area contributed by atoms with Gasteiger partial charge in [0.1, 0.15) is 10.7 Å². The molecule has 0 aromatic carbocycles. The molecule has 1 fully saturated rings. The van der Waals surface area contributed by atoms with E-state index in [2.05, 4.69) is 20.3 Å². The summed E-state index contributed by atoms with van der Waals surface area (Å²) < 4.78 is 5.32. The molecule has 138 valence electrons. The van der Waals surface area contributed by atoms with Gasteiger partial charge in [-0.2, -0.15) is 4.98 Å². The quantitative estimate of drug-likeness (QED) is 0.670. The molecule has 1 aliphatic heterocycles. The van der Waals surface area contributed by atoms with Crippen molar-refractivity contribution in [2.75, 3.05) is 36.5 Å². The highest BCUT2D eigenvalue weighted by atomic mass is 32.1. The Balaban J connectivity index is 1.90. The van der Waals surface area contributed by atoms with E-state index in [1.54, 1.807) is 13.0 Å². The van der Waals surface area contributed by atoms with Crippen molar-refractivity contribution >= 4 is 40.2 Å². The number of thiazole rings is 1. The predicted molar refractivity (Wildman–Crippen MR) is 93.5 cm³/mol. The molecule has 10 nitrogen and oxygen atoms in total. The molecule has 0 aliphatic carbocycles. The molecular weight excluding hydrogens is 362 g/mol. The maximum absolute atomic E-state index is 11.2. The molecule has 0 atom stereocenters. The first kappa shape index (κ1) is 18.0. The van der Waals surface area contributed by atoms with Gasteiger partial charge in [0.2, 0.25) is 5.95 Å². The van der Waals surface area contributed by atoms with E-state index in [9.17, 15) is 9.59 Å². The third kappa shape index (κ3) is 4.24. The van der Waals surface area contributed by atoms with Crippen LogP contribution in [0.3, 0.4) is 0 Å². The van der Waals surface area contributed by atoms with Crippen molar-refractivity contribution in [1.29, 1.82) is 0 Å². The minimum atomic E-state index is -1.05. The van der Waals surface area contributed by atoms with Crippen LogP contribution in [0.25, 0.3) is 0 Å². The topological polar surface area (TPSA) is 138 Å². The van der Waals surface area contributed by atoms with E-state index in [0.717, 1.165) is 11.3 Å². The van der Waals surface area contributed by atoms with Crippen LogP contribution in [0.5, 0.6) is 0 Å². The Morgan fingerprint density at radius 3 is 2.62 bits per heavy atom. The summed E-state index contributed by atoms with van der Waals surface area (Å²) in [5.74, 6) is -1.28. The smallest absolute Gasteiger partial charge is 0.347 e. The van der Waals surface area contributed by atoms with Crippen LogP contribution in [-0.2, 0) is 16.0 Å². The van der Waals surface area contributed by atoms with Gasteiger partial charge in [0.25, 0.3) is 0 Å². The minimum Gasteiger partial charge on any atom is -0.481 e. The van der Waals surface area contributed by atoms with Crippen molar-refractivity contribution < 1.29 is 24.5 Å². The van der Waals surface area contributed by atoms with Crippen LogP contribution >= 0.6 is 11.3 Å². The number of hydrogen-bond acceptors (Lipinski definition) is 9. The van der Waals surface area contributed by atoms with Crippen LogP contribution < -0.4 is 10.2 Å². The largest absolute Gasteiger partial charge is 0.481 e. The highest BCUT2D eigenvalue weighted by Gasteiger charge is 2.18. The van der Waals surface area contributed by atoms with Gasteiger partial charge in [-0.05, 0) is 6.92 Å². The van der Waals surface area contributed by atoms with E-state index in [-0.39, 0.29) is 17.2 Å². The number of carboxylic acid groups (broad SMARTS) is 2. The number of anilines is 3. The number of nitrogens with one attached hydrogen (secondary N) is 1. The summed E-state index contributed by atoms with van der Waals surface area (Å²) in [7, 11) is 0. The Morgan fingerprint density at radius 1 is 1.27 bits per heavy atom. The van der Waals surface area contributed by atoms with Crippen molar-refractivity contribution in [3.05, 3.63) is 22.3 Å². The average molecular weight is 379 g/mol. The third-order valence-electron chi connectivity index (χ3n) is 3.64. The number of morpholine rings is 1. The average Bonchev–Trinajstić information content (AvgIpc) is 2.95. The first-order chi connectivity index (χ1) is 12.4. The number of aromatic nitrogens is 3. The van der Waals surface area contributed by atoms with Gasteiger partial charge in [-0.1, -0.05) is 11.3 Å². The lowest BCUT2D eigenvalue weighted by Crippen LogP contribution is -2.37. The van der Waals surface area contributed by atoms with Crippen LogP contribution in [0.2, 0.25) is 0 Å². The molecule has 3 N–H and O–H groups in total. The van der Waals surface area contributed by atoms with E-state index >= 15 is 0 Å². The molecule has 0 unspecified atom stereocenters. The number of hydrogen-bond donors (Lipinski definition) is 3. The molecule has 0 bridgehead atoms. The van der Waals surface area contributed by atoms with Gasteiger partial charge in [0, 0.05) is 19.2 Å². The van der Waals surface area contributed by atoms with E-state index in [0.29, 0.717) is 48.6 Å². The fraction of sp³-hybridized carbons (Fsp3) is 0.400. The summed E-state index contributed by atoms with van der Waals surface area (Å²) in [6.07, 6.45) is -0.244. The monoisotopic (exact) mass is 379 g/mol. The summed E-state index contributed by atoms with van der Waals surface area (Å²) in [4.78, 5) is 37.1. The van der Waals surface area contributed by atoms with Gasteiger partial charge in [-0.25, -0.2) is 14.8 Å². The van der Waals surface area contributed by atoms with Gasteiger partial charge >= 0.3 is 11.9 Å². The zero-order valence-corrected chi connectivity index (χ0v) is 14.7. The molecule has 1 saturated heterocycles. The second kappa shape index (κ2) is 7.62. The summed E-state index contributed by atoms with van der Waals surface area (Å²) in [5, 5.41) is 21.4. The fourth-order valence-electron chi connectivity index (χ4n) is 2.48. The Bertz CT molecular complexity index is 834. The van der Waals surface area contributed by atoms with Crippen LogP contribution in [0.4, 0.5) is 16.9 Å². The predicted octanol–water partition coefficient (Wildman–Crippen LogP) is 1.15. The Morgan fingerprint density at radius 2 is 2.00 bits per heavy atom. The lowest BCUT2D eigenvalue weighted by atomic mass is 10.3. The van der Waals surface area contributed by atoms with E-state index < -0.39 is 11.9 Å². The molecular formula is C15H17N5O5S. The lowest BCUT2D eigenvalue weighted by molar-refractivity contribution is -0.136. The second-order valence-electron chi connectivity index (χ2n) is 5.57. The summed E-state index contributed by atoms with van der Waals surface area (Å²) in [5.41, 5.74) is 0.739. The summed E-state index contributed by atoms with van der Waals surface area (Å²) in [6.45, 7) is 4.01. The van der Waals surface area contributed by atoms with Crippen LogP contribution in [0, 0.1) is 6.92 Å². The van der Waals surface area contributed by atoms with Gasteiger partial charge in [0.05, 0.1) is 31.0 Å². The molecule has 2 aromatic rings. The van der Waals surface area contributed by atoms with E-state index in [1.165, 1.54) is 0 Å². The fourth-order valence-corrected chi connectivity index (χ4v) is 3.28. The third-order valence-corrected chi connectivity index (χ3v) is 4.70. The van der Waals surface area contributed by atoms with Gasteiger partial charge < -0.3 is 19.8 Å². The molecule has 2 aromatic heterocycles. The number of aliphatic carboxylic acids is 1. The minimum absolute atomic E-state index is 0.127. The molecule has 0 amide bonds. The second-order valence-corrected chi connectivity index (χ2v) is 6.57. The molecule has 26 heavy (non-hydrogen) atoms. The standard InChI is InChI=1S/C15H17N5O5S/c1-8-12(13(23)24)26-15(16-8)19-14-17-9(7-11(21)22)6-10(18-14)20-2-4-25-5-3-20/h6H,2-5,7H2,1H3,(H,21,22)(H,23,24)(H,16,17,18,19). The Kier molecular flexibility index (Phi) is 5.28. The first-order valence-corrected chi connectivity index (χ1v) is 8.64. The van der Waals surface area contributed by atoms with Crippen molar-refractivity contribution in [1.82, 2.24) is 15.0 Å². The number of nitrogens with zero attached hydrogens (tertiary/aromatic N) is 4. The highest BCUT2D eigenvalue weighted by Crippen LogP contribution is 2.26. The number of aromatic carboxylic acids is 1.